The smallest absolute Gasteiger partial charge is 0.230 e. The van der Waals surface area contributed by atoms with Gasteiger partial charge in [0.1, 0.15) is 6.26 Å². The van der Waals surface area contributed by atoms with Crippen LogP contribution in [0, 0.1) is 0 Å². The summed E-state index contributed by atoms with van der Waals surface area (Å²) in [7, 11) is 0. The van der Waals surface area contributed by atoms with Crippen LogP contribution in [-0.2, 0) is 6.42 Å². The maximum atomic E-state index is 5.46. The Balaban J connectivity index is 1.35. The lowest BCUT2D eigenvalue weighted by Crippen LogP contribution is -1.91. The van der Waals surface area contributed by atoms with Gasteiger partial charge in [-0.15, -0.1) is 0 Å². The van der Waals surface area contributed by atoms with Crippen molar-refractivity contribution in [3.8, 4) is 0 Å². The molecule has 0 radical (unpaired) electrons. The van der Waals surface area contributed by atoms with Gasteiger partial charge in [-0.1, -0.05) is 52.8 Å². The molecule has 0 bridgehead atoms. The fourth-order valence-corrected chi connectivity index (χ4v) is 3.26. The second-order valence-corrected chi connectivity index (χ2v) is 6.27. The zero-order valence-electron chi connectivity index (χ0n) is 12.9. The van der Waals surface area contributed by atoms with Gasteiger partial charge in [0, 0.05) is 12.0 Å². The number of rotatable bonds is 4. The standard InChI is InChI=1S/C19H15N3O2/c1-2-4-13-9-14(6-5-12(13)3-1)16-11-17(16)19-20-18(22-24-19)10-15-7-8-23-21-15/h1-9,16-17H,10-11H2/t16-,17-/m1/s1. The van der Waals surface area contributed by atoms with Gasteiger partial charge < -0.3 is 9.05 Å². The fraction of sp³-hybridized carbons (Fsp3) is 0.211. The second-order valence-electron chi connectivity index (χ2n) is 6.27. The Bertz CT molecular complexity index is 991. The van der Waals surface area contributed by atoms with Crippen molar-refractivity contribution < 1.29 is 9.05 Å². The van der Waals surface area contributed by atoms with E-state index in [1.807, 2.05) is 6.07 Å². The first kappa shape index (κ1) is 13.5. The Hall–Kier alpha value is -2.95. The Morgan fingerprint density at radius 2 is 1.88 bits per heavy atom. The monoisotopic (exact) mass is 317 g/mol. The van der Waals surface area contributed by atoms with Gasteiger partial charge in [-0.05, 0) is 28.7 Å². The number of hydrogen-bond acceptors (Lipinski definition) is 5. The number of aromatic nitrogens is 3. The van der Waals surface area contributed by atoms with Crippen LogP contribution in [0.25, 0.3) is 10.8 Å². The summed E-state index contributed by atoms with van der Waals surface area (Å²) in [6, 6.07) is 16.9. The summed E-state index contributed by atoms with van der Waals surface area (Å²) in [6.07, 6.45) is 3.14. The molecule has 0 unspecified atom stereocenters. The summed E-state index contributed by atoms with van der Waals surface area (Å²) in [6.45, 7) is 0. The Labute approximate surface area is 138 Å². The molecule has 0 aliphatic heterocycles. The van der Waals surface area contributed by atoms with E-state index in [-0.39, 0.29) is 0 Å². The van der Waals surface area contributed by atoms with Crippen LogP contribution in [0.3, 0.4) is 0 Å². The first-order chi connectivity index (χ1) is 11.9. The van der Waals surface area contributed by atoms with E-state index in [1.54, 1.807) is 6.26 Å². The van der Waals surface area contributed by atoms with Crippen molar-refractivity contribution in [2.45, 2.75) is 24.7 Å². The van der Waals surface area contributed by atoms with Crippen LogP contribution in [0.4, 0.5) is 0 Å². The maximum Gasteiger partial charge on any atom is 0.230 e. The molecule has 5 nitrogen and oxygen atoms in total. The van der Waals surface area contributed by atoms with E-state index in [0.717, 1.165) is 18.0 Å². The molecule has 2 atom stereocenters. The van der Waals surface area contributed by atoms with E-state index in [1.165, 1.54) is 16.3 Å². The molecular formula is C19H15N3O2. The average molecular weight is 317 g/mol. The molecule has 2 heterocycles. The van der Waals surface area contributed by atoms with E-state index in [9.17, 15) is 0 Å². The van der Waals surface area contributed by atoms with Gasteiger partial charge >= 0.3 is 0 Å². The Morgan fingerprint density at radius 3 is 2.75 bits per heavy atom. The molecule has 4 aromatic rings. The SMILES string of the molecule is c1ccc2cc([C@H]3C[C@H]3c3nc(Cc4ccon4)no3)ccc2c1. The molecule has 1 aliphatic rings. The van der Waals surface area contributed by atoms with E-state index in [2.05, 4.69) is 57.8 Å². The van der Waals surface area contributed by atoms with Gasteiger partial charge in [0.15, 0.2) is 5.82 Å². The van der Waals surface area contributed by atoms with E-state index >= 15 is 0 Å². The van der Waals surface area contributed by atoms with Crippen molar-refractivity contribution in [1.82, 2.24) is 15.3 Å². The molecule has 0 amide bonds. The minimum Gasteiger partial charge on any atom is -0.364 e. The number of nitrogens with zero attached hydrogens (tertiary/aromatic N) is 3. The highest BCUT2D eigenvalue weighted by Crippen LogP contribution is 2.54. The van der Waals surface area contributed by atoms with Crippen molar-refractivity contribution in [2.75, 3.05) is 0 Å². The van der Waals surface area contributed by atoms with Crippen LogP contribution in [0.5, 0.6) is 0 Å². The summed E-state index contributed by atoms with van der Waals surface area (Å²) in [5.41, 5.74) is 2.15. The van der Waals surface area contributed by atoms with Crippen LogP contribution in [0.2, 0.25) is 0 Å². The van der Waals surface area contributed by atoms with Crippen molar-refractivity contribution in [3.05, 3.63) is 77.8 Å². The summed E-state index contributed by atoms with van der Waals surface area (Å²) < 4.78 is 10.3. The van der Waals surface area contributed by atoms with Gasteiger partial charge in [0.25, 0.3) is 0 Å². The molecule has 5 heteroatoms. The van der Waals surface area contributed by atoms with Crippen LogP contribution in [-0.4, -0.2) is 15.3 Å². The van der Waals surface area contributed by atoms with E-state index in [4.69, 9.17) is 9.05 Å². The predicted octanol–water partition coefficient (Wildman–Crippen LogP) is 4.07. The molecule has 1 fully saturated rings. The topological polar surface area (TPSA) is 65.0 Å². The lowest BCUT2D eigenvalue weighted by molar-refractivity contribution is 0.372. The first-order valence-corrected chi connectivity index (χ1v) is 8.07. The predicted molar refractivity (Wildman–Crippen MR) is 87.7 cm³/mol. The molecule has 0 N–H and O–H groups in total. The Kier molecular flexibility index (Phi) is 2.98. The summed E-state index contributed by atoms with van der Waals surface area (Å²) in [4.78, 5) is 4.53. The lowest BCUT2D eigenvalue weighted by atomic mass is 10.0. The van der Waals surface area contributed by atoms with Gasteiger partial charge in [-0.3, -0.25) is 0 Å². The highest BCUT2D eigenvalue weighted by atomic mass is 16.5. The number of hydrogen-bond donors (Lipinski definition) is 0. The number of fused-ring (bicyclic) bond motifs is 1. The largest absolute Gasteiger partial charge is 0.364 e. The first-order valence-electron chi connectivity index (χ1n) is 8.07. The van der Waals surface area contributed by atoms with Crippen molar-refractivity contribution in [2.24, 2.45) is 0 Å². The summed E-state index contributed by atoms with van der Waals surface area (Å²) in [5, 5.41) is 10.5. The quantitative estimate of drug-likeness (QED) is 0.567. The van der Waals surface area contributed by atoms with Gasteiger partial charge in [-0.2, -0.15) is 4.98 Å². The maximum absolute atomic E-state index is 5.46. The highest BCUT2D eigenvalue weighted by molar-refractivity contribution is 5.83. The fourth-order valence-electron chi connectivity index (χ4n) is 3.26. The van der Waals surface area contributed by atoms with Crippen LogP contribution >= 0.6 is 0 Å². The Morgan fingerprint density at radius 1 is 0.958 bits per heavy atom. The molecule has 2 aromatic heterocycles. The minimum absolute atomic E-state index is 0.324. The van der Waals surface area contributed by atoms with Crippen LogP contribution in [0.1, 0.15) is 41.2 Å². The molecule has 0 saturated heterocycles. The van der Waals surface area contributed by atoms with E-state index < -0.39 is 0 Å². The zero-order chi connectivity index (χ0) is 15.9. The molecule has 24 heavy (non-hydrogen) atoms. The molecule has 5 rings (SSSR count). The van der Waals surface area contributed by atoms with Gasteiger partial charge in [0.05, 0.1) is 12.1 Å². The number of benzene rings is 2. The molecule has 118 valence electrons. The molecule has 1 aliphatic carbocycles. The lowest BCUT2D eigenvalue weighted by Gasteiger charge is -2.02. The molecule has 0 spiro atoms. The van der Waals surface area contributed by atoms with Gasteiger partial charge in [0.2, 0.25) is 5.89 Å². The zero-order valence-corrected chi connectivity index (χ0v) is 12.9. The van der Waals surface area contributed by atoms with Crippen molar-refractivity contribution >= 4 is 10.8 Å². The van der Waals surface area contributed by atoms with Crippen molar-refractivity contribution in [3.63, 3.8) is 0 Å². The molecule has 2 aromatic carbocycles. The second kappa shape index (κ2) is 5.30. The third-order valence-electron chi connectivity index (χ3n) is 4.62. The van der Waals surface area contributed by atoms with Crippen molar-refractivity contribution in [1.29, 1.82) is 0 Å². The summed E-state index contributed by atoms with van der Waals surface area (Å²) in [5.74, 6) is 2.18. The average Bonchev–Trinajstić information content (AvgIpc) is 3.02. The third-order valence-corrected chi connectivity index (χ3v) is 4.62. The highest BCUT2D eigenvalue weighted by Gasteiger charge is 2.43. The normalized spacial score (nSPS) is 19.7. The van der Waals surface area contributed by atoms with Crippen LogP contribution in [0.15, 0.2) is 63.8 Å². The summed E-state index contributed by atoms with van der Waals surface area (Å²) >= 11 is 0. The molecule has 1 saturated carbocycles. The van der Waals surface area contributed by atoms with Crippen LogP contribution < -0.4 is 0 Å². The minimum atomic E-state index is 0.324. The molecular weight excluding hydrogens is 302 g/mol. The van der Waals surface area contributed by atoms with Gasteiger partial charge in [-0.25, -0.2) is 0 Å². The van der Waals surface area contributed by atoms with E-state index in [0.29, 0.717) is 24.1 Å². The third kappa shape index (κ3) is 2.38.